The first-order chi connectivity index (χ1) is 8.17. The predicted octanol–water partition coefficient (Wildman–Crippen LogP) is 3.59. The van der Waals surface area contributed by atoms with Crippen LogP contribution in [-0.2, 0) is 0 Å². The summed E-state index contributed by atoms with van der Waals surface area (Å²) in [5.74, 6) is 4.41. The van der Waals surface area contributed by atoms with Crippen molar-refractivity contribution in [2.24, 2.45) is 29.1 Å². The van der Waals surface area contributed by atoms with Gasteiger partial charge in [-0.15, -0.1) is 0 Å². The molecule has 0 aromatic rings. The summed E-state index contributed by atoms with van der Waals surface area (Å²) < 4.78 is 0. The van der Waals surface area contributed by atoms with Crippen molar-refractivity contribution >= 4 is 0 Å². The first kappa shape index (κ1) is 10.8. The summed E-state index contributed by atoms with van der Waals surface area (Å²) in [6.45, 7) is 4.90. The van der Waals surface area contributed by atoms with E-state index in [1.807, 2.05) is 0 Å². The van der Waals surface area contributed by atoms with Gasteiger partial charge in [0.05, 0.1) is 0 Å². The van der Waals surface area contributed by atoms with E-state index in [0.717, 1.165) is 35.8 Å². The lowest BCUT2D eigenvalue weighted by Crippen LogP contribution is -2.46. The van der Waals surface area contributed by atoms with Crippen LogP contribution in [0.4, 0.5) is 0 Å². The number of rotatable bonds is 3. The van der Waals surface area contributed by atoms with Gasteiger partial charge in [-0.2, -0.15) is 0 Å². The summed E-state index contributed by atoms with van der Waals surface area (Å²) in [6, 6.07) is 1.64. The van der Waals surface area contributed by atoms with E-state index in [0.29, 0.717) is 5.41 Å². The molecule has 4 fully saturated rings. The minimum Gasteiger partial charge on any atom is -0.311 e. The molecule has 0 amide bonds. The van der Waals surface area contributed by atoms with Crippen LogP contribution >= 0.6 is 0 Å². The zero-order valence-electron chi connectivity index (χ0n) is 11.4. The summed E-state index contributed by atoms with van der Waals surface area (Å²) in [4.78, 5) is 0. The van der Waals surface area contributed by atoms with E-state index < -0.39 is 0 Å². The van der Waals surface area contributed by atoms with Crippen LogP contribution in [0.3, 0.4) is 0 Å². The number of nitrogens with one attached hydrogen (secondary N) is 1. The lowest BCUT2D eigenvalue weighted by Gasteiger charge is -2.35. The lowest BCUT2D eigenvalue weighted by molar-refractivity contribution is 0.186. The van der Waals surface area contributed by atoms with Gasteiger partial charge in [-0.1, -0.05) is 13.3 Å². The smallest absolute Gasteiger partial charge is 0.0104 e. The highest BCUT2D eigenvalue weighted by Gasteiger charge is 2.54. The number of hydrogen-bond donors (Lipinski definition) is 1. The Morgan fingerprint density at radius 1 is 1.06 bits per heavy atom. The van der Waals surface area contributed by atoms with Crippen molar-refractivity contribution in [3.8, 4) is 0 Å². The molecule has 2 bridgehead atoms. The molecular formula is C16H27N. The molecule has 1 N–H and O–H groups in total. The van der Waals surface area contributed by atoms with Gasteiger partial charge in [-0.3, -0.25) is 0 Å². The molecule has 4 aliphatic rings. The summed E-state index contributed by atoms with van der Waals surface area (Å²) >= 11 is 0. The molecule has 0 spiro atoms. The Morgan fingerprint density at radius 3 is 2.59 bits per heavy atom. The van der Waals surface area contributed by atoms with E-state index in [9.17, 15) is 0 Å². The zero-order valence-corrected chi connectivity index (χ0v) is 11.4. The SMILES string of the molecule is CC(NC1CC2CC1C1CCCC21)C1(C)CC1. The predicted molar refractivity (Wildman–Crippen MR) is 70.8 cm³/mol. The third kappa shape index (κ3) is 1.54. The van der Waals surface area contributed by atoms with Gasteiger partial charge in [0.25, 0.3) is 0 Å². The largest absolute Gasteiger partial charge is 0.311 e. The number of hydrogen-bond acceptors (Lipinski definition) is 1. The summed E-state index contributed by atoms with van der Waals surface area (Å²) in [5, 5.41) is 4.03. The fourth-order valence-corrected chi connectivity index (χ4v) is 5.41. The molecular weight excluding hydrogens is 206 g/mol. The first-order valence-corrected chi connectivity index (χ1v) is 7.93. The summed E-state index contributed by atoms with van der Waals surface area (Å²) in [5.41, 5.74) is 0.650. The summed E-state index contributed by atoms with van der Waals surface area (Å²) in [6.07, 6.45) is 10.6. The van der Waals surface area contributed by atoms with Crippen LogP contribution in [0.1, 0.15) is 58.8 Å². The molecule has 4 aliphatic carbocycles. The average molecular weight is 233 g/mol. The molecule has 1 nitrogen and oxygen atoms in total. The molecule has 0 heterocycles. The monoisotopic (exact) mass is 233 g/mol. The molecule has 1 heteroatoms. The maximum Gasteiger partial charge on any atom is 0.0104 e. The molecule has 0 aromatic heterocycles. The maximum atomic E-state index is 4.03. The van der Waals surface area contributed by atoms with E-state index in [2.05, 4.69) is 19.2 Å². The fraction of sp³-hybridized carbons (Fsp3) is 1.00. The highest BCUT2D eigenvalue weighted by Crippen LogP contribution is 2.59. The van der Waals surface area contributed by atoms with Crippen molar-refractivity contribution in [3.63, 3.8) is 0 Å². The van der Waals surface area contributed by atoms with Crippen LogP contribution in [0, 0.1) is 29.1 Å². The normalized spacial score (nSPS) is 51.5. The Balaban J connectivity index is 1.44. The first-order valence-electron chi connectivity index (χ1n) is 7.93. The Labute approximate surface area is 106 Å². The van der Waals surface area contributed by atoms with Gasteiger partial charge in [0.15, 0.2) is 0 Å². The van der Waals surface area contributed by atoms with Gasteiger partial charge >= 0.3 is 0 Å². The van der Waals surface area contributed by atoms with E-state index in [1.54, 1.807) is 19.3 Å². The molecule has 6 unspecified atom stereocenters. The van der Waals surface area contributed by atoms with Crippen molar-refractivity contribution in [2.45, 2.75) is 70.9 Å². The molecule has 17 heavy (non-hydrogen) atoms. The Morgan fingerprint density at radius 2 is 1.82 bits per heavy atom. The molecule has 6 atom stereocenters. The second kappa shape index (κ2) is 3.50. The Bertz CT molecular complexity index is 319. The van der Waals surface area contributed by atoms with Crippen LogP contribution in [0.5, 0.6) is 0 Å². The van der Waals surface area contributed by atoms with Gasteiger partial charge < -0.3 is 5.32 Å². The Kier molecular flexibility index (Phi) is 2.23. The minimum absolute atomic E-state index is 0.650. The molecule has 0 radical (unpaired) electrons. The molecule has 96 valence electrons. The van der Waals surface area contributed by atoms with E-state index >= 15 is 0 Å². The molecule has 0 saturated heterocycles. The topological polar surface area (TPSA) is 12.0 Å². The molecule has 4 rings (SSSR count). The van der Waals surface area contributed by atoms with Crippen LogP contribution in [0.15, 0.2) is 0 Å². The van der Waals surface area contributed by atoms with Crippen LogP contribution in [-0.4, -0.2) is 12.1 Å². The van der Waals surface area contributed by atoms with Crippen LogP contribution < -0.4 is 5.32 Å². The minimum atomic E-state index is 0.650. The highest BCUT2D eigenvalue weighted by atomic mass is 15.0. The average Bonchev–Trinajstić information content (AvgIpc) is 2.72. The maximum absolute atomic E-state index is 4.03. The third-order valence-corrected chi connectivity index (χ3v) is 6.98. The van der Waals surface area contributed by atoms with E-state index in [-0.39, 0.29) is 0 Å². The van der Waals surface area contributed by atoms with Crippen LogP contribution in [0.2, 0.25) is 0 Å². The van der Waals surface area contributed by atoms with Crippen molar-refractivity contribution in [1.29, 1.82) is 0 Å². The zero-order chi connectivity index (χ0) is 11.6. The van der Waals surface area contributed by atoms with Crippen LogP contribution in [0.25, 0.3) is 0 Å². The second-order valence-electron chi connectivity index (χ2n) is 7.80. The van der Waals surface area contributed by atoms with Gasteiger partial charge in [-0.25, -0.2) is 0 Å². The lowest BCUT2D eigenvalue weighted by atomic mass is 9.78. The standard InChI is InChI=1S/C16H27N/c1-10(16(2)6-7-16)17-15-9-11-8-14(15)13-5-3-4-12(11)13/h10-15,17H,3-9H2,1-2H3. The van der Waals surface area contributed by atoms with Crippen molar-refractivity contribution in [1.82, 2.24) is 5.32 Å². The highest BCUT2D eigenvalue weighted by molar-refractivity contribution is 5.07. The molecule has 0 aliphatic heterocycles. The van der Waals surface area contributed by atoms with Gasteiger partial charge in [0.2, 0.25) is 0 Å². The quantitative estimate of drug-likeness (QED) is 0.785. The van der Waals surface area contributed by atoms with Crippen molar-refractivity contribution < 1.29 is 0 Å². The van der Waals surface area contributed by atoms with Gasteiger partial charge in [0.1, 0.15) is 0 Å². The van der Waals surface area contributed by atoms with Crippen molar-refractivity contribution in [2.75, 3.05) is 0 Å². The Hall–Kier alpha value is -0.0400. The van der Waals surface area contributed by atoms with Gasteiger partial charge in [0, 0.05) is 12.1 Å². The molecule has 0 aromatic carbocycles. The second-order valence-corrected chi connectivity index (χ2v) is 7.80. The van der Waals surface area contributed by atoms with Crippen molar-refractivity contribution in [3.05, 3.63) is 0 Å². The third-order valence-electron chi connectivity index (χ3n) is 6.98. The van der Waals surface area contributed by atoms with E-state index in [4.69, 9.17) is 0 Å². The molecule has 4 saturated carbocycles. The summed E-state index contributed by atoms with van der Waals surface area (Å²) in [7, 11) is 0. The number of fused-ring (bicyclic) bond motifs is 5. The van der Waals surface area contributed by atoms with Gasteiger partial charge in [-0.05, 0) is 74.5 Å². The fourth-order valence-electron chi connectivity index (χ4n) is 5.41. The van der Waals surface area contributed by atoms with E-state index in [1.165, 1.54) is 25.7 Å².